The van der Waals surface area contributed by atoms with Gasteiger partial charge in [0.25, 0.3) is 0 Å². The Labute approximate surface area is 119 Å². The van der Waals surface area contributed by atoms with Gasteiger partial charge < -0.3 is 10.6 Å². The first-order valence-electron chi connectivity index (χ1n) is 7.43. The van der Waals surface area contributed by atoms with E-state index in [4.69, 9.17) is 0 Å². The minimum Gasteiger partial charge on any atom is -0.320 e. The third kappa shape index (κ3) is 5.33. The van der Waals surface area contributed by atoms with Gasteiger partial charge >= 0.3 is 0 Å². The van der Waals surface area contributed by atoms with Gasteiger partial charge in [-0.3, -0.25) is 0 Å². The van der Waals surface area contributed by atoms with Crippen molar-refractivity contribution in [2.75, 3.05) is 26.7 Å². The maximum atomic E-state index is 3.56. The molecule has 19 heavy (non-hydrogen) atoms. The zero-order valence-corrected chi connectivity index (χ0v) is 13.2. The summed E-state index contributed by atoms with van der Waals surface area (Å²) in [6, 6.07) is 9.10. The lowest BCUT2D eigenvalue weighted by Gasteiger charge is -2.26. The van der Waals surface area contributed by atoms with Crippen LogP contribution >= 0.6 is 0 Å². The third-order valence-corrected chi connectivity index (χ3v) is 3.71. The van der Waals surface area contributed by atoms with Crippen molar-refractivity contribution in [1.29, 1.82) is 0 Å². The first-order chi connectivity index (χ1) is 8.97. The van der Waals surface area contributed by atoms with Crippen molar-refractivity contribution in [3.05, 3.63) is 35.4 Å². The van der Waals surface area contributed by atoms with Crippen LogP contribution in [0.2, 0.25) is 0 Å². The lowest BCUT2D eigenvalue weighted by Crippen LogP contribution is -2.34. The topological polar surface area (TPSA) is 24.1 Å². The number of nitrogens with one attached hydrogen (secondary N) is 2. The Balaban J connectivity index is 2.51. The standard InChI is InChI=1S/C17H30N2/c1-14(2)15-7-9-16(10-8-15)17(3,4)13-19-12-6-11-18-5/h7-10,14,18-19H,6,11-13H2,1-5H3. The molecule has 0 bridgehead atoms. The van der Waals surface area contributed by atoms with Crippen LogP contribution in [-0.2, 0) is 5.41 Å². The molecular weight excluding hydrogens is 232 g/mol. The second-order valence-corrected chi connectivity index (χ2v) is 6.29. The number of rotatable bonds is 8. The molecule has 108 valence electrons. The van der Waals surface area contributed by atoms with E-state index in [0.29, 0.717) is 5.92 Å². The Morgan fingerprint density at radius 1 is 1.05 bits per heavy atom. The van der Waals surface area contributed by atoms with Crippen LogP contribution in [0.15, 0.2) is 24.3 Å². The van der Waals surface area contributed by atoms with Crippen LogP contribution in [0, 0.1) is 0 Å². The summed E-state index contributed by atoms with van der Waals surface area (Å²) in [5, 5.41) is 6.73. The Morgan fingerprint density at radius 2 is 1.68 bits per heavy atom. The molecule has 1 aromatic rings. The van der Waals surface area contributed by atoms with E-state index >= 15 is 0 Å². The van der Waals surface area contributed by atoms with Crippen LogP contribution in [0.4, 0.5) is 0 Å². The van der Waals surface area contributed by atoms with Crippen molar-refractivity contribution in [2.24, 2.45) is 0 Å². The van der Waals surface area contributed by atoms with Gasteiger partial charge in [-0.05, 0) is 43.6 Å². The number of hydrogen-bond donors (Lipinski definition) is 2. The van der Waals surface area contributed by atoms with Crippen LogP contribution in [-0.4, -0.2) is 26.7 Å². The zero-order chi connectivity index (χ0) is 14.3. The van der Waals surface area contributed by atoms with E-state index in [1.54, 1.807) is 0 Å². The van der Waals surface area contributed by atoms with Gasteiger partial charge in [-0.1, -0.05) is 52.0 Å². The minimum absolute atomic E-state index is 0.190. The quantitative estimate of drug-likeness (QED) is 0.703. The molecule has 0 fully saturated rings. The fourth-order valence-corrected chi connectivity index (χ4v) is 2.21. The summed E-state index contributed by atoms with van der Waals surface area (Å²) >= 11 is 0. The highest BCUT2D eigenvalue weighted by Gasteiger charge is 2.19. The molecule has 1 rings (SSSR count). The van der Waals surface area contributed by atoms with Gasteiger partial charge in [0.2, 0.25) is 0 Å². The smallest absolute Gasteiger partial charge is 0.00431 e. The van der Waals surface area contributed by atoms with E-state index in [1.807, 2.05) is 7.05 Å². The van der Waals surface area contributed by atoms with Gasteiger partial charge in [0, 0.05) is 12.0 Å². The van der Waals surface area contributed by atoms with E-state index < -0.39 is 0 Å². The predicted molar refractivity (Wildman–Crippen MR) is 85.0 cm³/mol. The summed E-state index contributed by atoms with van der Waals surface area (Å²) in [5.74, 6) is 0.608. The van der Waals surface area contributed by atoms with E-state index in [2.05, 4.69) is 62.6 Å². The van der Waals surface area contributed by atoms with Crippen molar-refractivity contribution in [3.63, 3.8) is 0 Å². The highest BCUT2D eigenvalue weighted by Crippen LogP contribution is 2.24. The highest BCUT2D eigenvalue weighted by molar-refractivity contribution is 5.29. The molecule has 0 atom stereocenters. The minimum atomic E-state index is 0.190. The molecule has 0 aliphatic heterocycles. The van der Waals surface area contributed by atoms with Gasteiger partial charge in [0.15, 0.2) is 0 Å². The Morgan fingerprint density at radius 3 is 2.21 bits per heavy atom. The average molecular weight is 262 g/mol. The molecule has 0 saturated heterocycles. The summed E-state index contributed by atoms with van der Waals surface area (Å²) in [7, 11) is 2.00. The number of benzene rings is 1. The summed E-state index contributed by atoms with van der Waals surface area (Å²) in [6.45, 7) is 12.3. The average Bonchev–Trinajstić information content (AvgIpc) is 2.38. The molecular formula is C17H30N2. The van der Waals surface area contributed by atoms with Crippen molar-refractivity contribution >= 4 is 0 Å². The molecule has 1 aromatic carbocycles. The second-order valence-electron chi connectivity index (χ2n) is 6.29. The zero-order valence-electron chi connectivity index (χ0n) is 13.2. The fraction of sp³-hybridized carbons (Fsp3) is 0.647. The third-order valence-electron chi connectivity index (χ3n) is 3.71. The van der Waals surface area contributed by atoms with E-state index in [9.17, 15) is 0 Å². The Bertz CT molecular complexity index is 352. The molecule has 0 amide bonds. The molecule has 0 heterocycles. The van der Waals surface area contributed by atoms with Gasteiger partial charge in [-0.25, -0.2) is 0 Å². The molecule has 2 N–H and O–H groups in total. The molecule has 2 heteroatoms. The van der Waals surface area contributed by atoms with Crippen LogP contribution < -0.4 is 10.6 Å². The van der Waals surface area contributed by atoms with Gasteiger partial charge in [-0.2, -0.15) is 0 Å². The van der Waals surface area contributed by atoms with E-state index in [1.165, 1.54) is 17.5 Å². The normalized spacial score (nSPS) is 12.1. The van der Waals surface area contributed by atoms with E-state index in [-0.39, 0.29) is 5.41 Å². The van der Waals surface area contributed by atoms with Gasteiger partial charge in [0.1, 0.15) is 0 Å². The number of hydrogen-bond acceptors (Lipinski definition) is 2. The molecule has 0 aliphatic carbocycles. The second kappa shape index (κ2) is 7.66. The van der Waals surface area contributed by atoms with Crippen LogP contribution in [0.1, 0.15) is 51.2 Å². The first kappa shape index (κ1) is 16.2. The first-order valence-corrected chi connectivity index (χ1v) is 7.43. The molecule has 2 nitrogen and oxygen atoms in total. The van der Waals surface area contributed by atoms with Crippen molar-refractivity contribution in [3.8, 4) is 0 Å². The van der Waals surface area contributed by atoms with Crippen molar-refractivity contribution in [1.82, 2.24) is 10.6 Å². The molecule has 0 aromatic heterocycles. The van der Waals surface area contributed by atoms with Crippen molar-refractivity contribution < 1.29 is 0 Å². The molecule has 0 aliphatic rings. The lowest BCUT2D eigenvalue weighted by molar-refractivity contribution is 0.464. The summed E-state index contributed by atoms with van der Waals surface area (Å²) in [6.07, 6.45) is 1.18. The summed E-state index contributed by atoms with van der Waals surface area (Å²) in [5.41, 5.74) is 3.02. The van der Waals surface area contributed by atoms with Crippen LogP contribution in [0.3, 0.4) is 0 Å². The highest BCUT2D eigenvalue weighted by atomic mass is 14.9. The maximum absolute atomic E-state index is 3.56. The maximum Gasteiger partial charge on any atom is 0.00431 e. The SMILES string of the molecule is CNCCCNCC(C)(C)c1ccc(C(C)C)cc1. The summed E-state index contributed by atoms with van der Waals surface area (Å²) in [4.78, 5) is 0. The van der Waals surface area contributed by atoms with E-state index in [0.717, 1.165) is 19.6 Å². The van der Waals surface area contributed by atoms with Gasteiger partial charge in [-0.15, -0.1) is 0 Å². The summed E-state index contributed by atoms with van der Waals surface area (Å²) < 4.78 is 0. The van der Waals surface area contributed by atoms with Crippen molar-refractivity contribution in [2.45, 2.75) is 45.4 Å². The monoisotopic (exact) mass is 262 g/mol. The largest absolute Gasteiger partial charge is 0.320 e. The van der Waals surface area contributed by atoms with Crippen LogP contribution in [0.25, 0.3) is 0 Å². The predicted octanol–water partition coefficient (Wildman–Crippen LogP) is 3.29. The Kier molecular flexibility index (Phi) is 6.53. The van der Waals surface area contributed by atoms with Crippen LogP contribution in [0.5, 0.6) is 0 Å². The lowest BCUT2D eigenvalue weighted by atomic mass is 9.83. The fourth-order valence-electron chi connectivity index (χ4n) is 2.21. The molecule has 0 radical (unpaired) electrons. The molecule has 0 saturated carbocycles. The molecule has 0 spiro atoms. The Hall–Kier alpha value is -0.860. The van der Waals surface area contributed by atoms with Gasteiger partial charge in [0.05, 0.1) is 0 Å². The molecule has 0 unspecified atom stereocenters.